The fourth-order valence-corrected chi connectivity index (χ4v) is 0.941. The minimum Gasteiger partial charge on any atom is -0.497 e. The molecule has 66 valence electrons. The molecule has 0 saturated heterocycles. The number of nitrogens with zero attached hydrogens (tertiary/aromatic N) is 3. The number of aromatic nitrogens is 3. The molecule has 13 heavy (non-hydrogen) atoms. The Bertz CT molecular complexity index is 386. The van der Waals surface area contributed by atoms with Crippen LogP contribution in [0.15, 0.2) is 29.2 Å². The number of methoxy groups -OCH3 is 1. The zero-order chi connectivity index (χ0) is 9.10. The highest BCUT2D eigenvalue weighted by molar-refractivity contribution is 5.48. The Labute approximate surface area is 74.4 Å². The Morgan fingerprint density at radius 3 is 3.00 bits per heavy atom. The van der Waals surface area contributed by atoms with Crippen LogP contribution in [-0.4, -0.2) is 22.2 Å². The predicted molar refractivity (Wildman–Crippen MR) is 44.1 cm³/mol. The fraction of sp³-hybridized carbons (Fsp3) is 0.125. The van der Waals surface area contributed by atoms with Crippen molar-refractivity contribution in [3.63, 3.8) is 0 Å². The monoisotopic (exact) mass is 177 g/mol. The van der Waals surface area contributed by atoms with Crippen molar-refractivity contribution in [2.45, 2.75) is 0 Å². The average Bonchev–Trinajstić information content (AvgIpc) is 2.71. The second kappa shape index (κ2) is 3.22. The summed E-state index contributed by atoms with van der Waals surface area (Å²) in [6.07, 6.45) is 2.95. The topological polar surface area (TPSA) is 61.0 Å². The predicted octanol–water partition coefficient (Wildman–Crippen LogP) is 1.14. The average molecular weight is 177 g/mol. The third-order valence-electron chi connectivity index (χ3n) is 1.55. The van der Waals surface area contributed by atoms with Gasteiger partial charge in [0.05, 0.1) is 7.11 Å². The summed E-state index contributed by atoms with van der Waals surface area (Å²) in [5, 5.41) is 3.49. The Morgan fingerprint density at radius 1 is 1.38 bits per heavy atom. The molecule has 0 radical (unpaired) electrons. The van der Waals surface area contributed by atoms with Gasteiger partial charge in [0, 0.05) is 12.3 Å². The van der Waals surface area contributed by atoms with Crippen molar-refractivity contribution in [1.29, 1.82) is 0 Å². The summed E-state index contributed by atoms with van der Waals surface area (Å²) in [4.78, 5) is 7.92. The summed E-state index contributed by atoms with van der Waals surface area (Å²) in [5.41, 5.74) is 0.608. The van der Waals surface area contributed by atoms with Crippen LogP contribution in [0.1, 0.15) is 0 Å². The molecule has 0 amide bonds. The summed E-state index contributed by atoms with van der Waals surface area (Å²) in [6, 6.07) is 3.48. The molecule has 2 aromatic heterocycles. The van der Waals surface area contributed by atoms with Crippen molar-refractivity contribution in [3.8, 4) is 17.3 Å². The van der Waals surface area contributed by atoms with Crippen LogP contribution in [0, 0.1) is 0 Å². The van der Waals surface area contributed by atoms with Gasteiger partial charge in [0.25, 0.3) is 5.89 Å². The maximum atomic E-state index is 5.02. The number of ether oxygens (including phenoxy) is 1. The van der Waals surface area contributed by atoms with Crippen LogP contribution >= 0.6 is 0 Å². The third kappa shape index (κ3) is 1.48. The summed E-state index contributed by atoms with van der Waals surface area (Å²) in [7, 11) is 1.59. The second-order valence-corrected chi connectivity index (χ2v) is 2.33. The van der Waals surface area contributed by atoms with E-state index in [0.29, 0.717) is 17.3 Å². The van der Waals surface area contributed by atoms with E-state index in [2.05, 4.69) is 15.1 Å². The van der Waals surface area contributed by atoms with Gasteiger partial charge in [-0.3, -0.25) is 4.98 Å². The van der Waals surface area contributed by atoms with Gasteiger partial charge in [0.1, 0.15) is 11.4 Å². The molecule has 0 unspecified atom stereocenters. The first kappa shape index (κ1) is 7.72. The van der Waals surface area contributed by atoms with Crippen molar-refractivity contribution >= 4 is 0 Å². The smallest absolute Gasteiger partial charge is 0.276 e. The summed E-state index contributed by atoms with van der Waals surface area (Å²) < 4.78 is 9.86. The molecule has 0 saturated carbocycles. The van der Waals surface area contributed by atoms with Crippen LogP contribution in [0.4, 0.5) is 0 Å². The number of pyridine rings is 1. The van der Waals surface area contributed by atoms with Gasteiger partial charge in [-0.2, -0.15) is 4.98 Å². The lowest BCUT2D eigenvalue weighted by molar-refractivity contribution is 0.412. The molecule has 2 heterocycles. The van der Waals surface area contributed by atoms with E-state index in [1.54, 1.807) is 25.4 Å². The quantitative estimate of drug-likeness (QED) is 0.688. The van der Waals surface area contributed by atoms with Gasteiger partial charge in [-0.15, -0.1) is 0 Å². The minimum atomic E-state index is 0.388. The number of rotatable bonds is 2. The highest BCUT2D eigenvalue weighted by Gasteiger charge is 2.05. The third-order valence-corrected chi connectivity index (χ3v) is 1.55. The molecule has 2 rings (SSSR count). The van der Waals surface area contributed by atoms with Gasteiger partial charge in [-0.1, -0.05) is 5.16 Å². The van der Waals surface area contributed by atoms with Gasteiger partial charge in [0.15, 0.2) is 6.33 Å². The van der Waals surface area contributed by atoms with Crippen LogP contribution in [0.5, 0.6) is 5.75 Å². The zero-order valence-electron chi connectivity index (χ0n) is 6.97. The van der Waals surface area contributed by atoms with Crippen molar-refractivity contribution in [3.05, 3.63) is 24.7 Å². The molecule has 0 aromatic carbocycles. The Balaban J connectivity index is 2.41. The largest absolute Gasteiger partial charge is 0.497 e. The van der Waals surface area contributed by atoms with E-state index >= 15 is 0 Å². The fourth-order valence-electron chi connectivity index (χ4n) is 0.941. The first-order valence-corrected chi connectivity index (χ1v) is 3.67. The van der Waals surface area contributed by atoms with Crippen molar-refractivity contribution in [2.24, 2.45) is 0 Å². The maximum Gasteiger partial charge on any atom is 0.276 e. The maximum absolute atomic E-state index is 5.02. The highest BCUT2D eigenvalue weighted by Crippen LogP contribution is 2.18. The Hall–Kier alpha value is -1.91. The second-order valence-electron chi connectivity index (χ2n) is 2.33. The van der Waals surface area contributed by atoms with Gasteiger partial charge < -0.3 is 9.26 Å². The number of hydrogen-bond acceptors (Lipinski definition) is 5. The van der Waals surface area contributed by atoms with E-state index in [0.717, 1.165) is 0 Å². The van der Waals surface area contributed by atoms with Gasteiger partial charge >= 0.3 is 0 Å². The minimum absolute atomic E-state index is 0.388. The van der Waals surface area contributed by atoms with Crippen molar-refractivity contribution < 1.29 is 9.26 Å². The first-order chi connectivity index (χ1) is 6.40. The summed E-state index contributed by atoms with van der Waals surface area (Å²) in [6.45, 7) is 0. The van der Waals surface area contributed by atoms with E-state index in [4.69, 9.17) is 9.26 Å². The van der Waals surface area contributed by atoms with Crippen LogP contribution < -0.4 is 4.74 Å². The Kier molecular flexibility index (Phi) is 1.91. The first-order valence-electron chi connectivity index (χ1n) is 3.67. The summed E-state index contributed by atoms with van der Waals surface area (Å²) in [5.74, 6) is 1.10. The standard InChI is InChI=1S/C8H7N3O2/c1-12-6-2-3-9-7(4-6)8-10-5-11-13-8/h2-5H,1H3. The van der Waals surface area contributed by atoms with Crippen molar-refractivity contribution in [2.75, 3.05) is 7.11 Å². The van der Waals surface area contributed by atoms with E-state index in [1.807, 2.05) is 0 Å². The molecule has 0 aliphatic heterocycles. The molecular weight excluding hydrogens is 170 g/mol. The highest BCUT2D eigenvalue weighted by atomic mass is 16.5. The van der Waals surface area contributed by atoms with Crippen LogP contribution in [0.3, 0.4) is 0 Å². The molecular formula is C8H7N3O2. The van der Waals surface area contributed by atoms with E-state index < -0.39 is 0 Å². The molecule has 0 aliphatic rings. The molecule has 2 aromatic rings. The van der Waals surface area contributed by atoms with Gasteiger partial charge in [-0.05, 0) is 6.07 Å². The molecule has 0 aliphatic carbocycles. The van der Waals surface area contributed by atoms with E-state index in [-0.39, 0.29) is 0 Å². The molecule has 0 N–H and O–H groups in total. The van der Waals surface area contributed by atoms with Crippen LogP contribution in [0.2, 0.25) is 0 Å². The Morgan fingerprint density at radius 2 is 2.31 bits per heavy atom. The van der Waals surface area contributed by atoms with Crippen molar-refractivity contribution in [1.82, 2.24) is 15.1 Å². The van der Waals surface area contributed by atoms with Crippen LogP contribution in [-0.2, 0) is 0 Å². The number of hydrogen-bond donors (Lipinski definition) is 0. The SMILES string of the molecule is COc1ccnc(-c2ncno2)c1. The molecule has 0 atom stereocenters. The lowest BCUT2D eigenvalue weighted by atomic mass is 10.3. The summed E-state index contributed by atoms with van der Waals surface area (Å²) >= 11 is 0. The lowest BCUT2D eigenvalue weighted by Crippen LogP contribution is -1.86. The molecule has 5 nitrogen and oxygen atoms in total. The molecule has 0 bridgehead atoms. The van der Waals surface area contributed by atoms with Gasteiger partial charge in [-0.25, -0.2) is 0 Å². The normalized spacial score (nSPS) is 9.92. The zero-order valence-corrected chi connectivity index (χ0v) is 6.97. The van der Waals surface area contributed by atoms with Gasteiger partial charge in [0.2, 0.25) is 0 Å². The lowest BCUT2D eigenvalue weighted by Gasteiger charge is -1.98. The molecule has 0 fully saturated rings. The van der Waals surface area contributed by atoms with Crippen LogP contribution in [0.25, 0.3) is 11.6 Å². The molecule has 0 spiro atoms. The van der Waals surface area contributed by atoms with E-state index in [1.165, 1.54) is 6.33 Å². The molecule has 5 heteroatoms. The van der Waals surface area contributed by atoms with E-state index in [9.17, 15) is 0 Å².